The quantitative estimate of drug-likeness (QED) is 0.618. The number of hydrogen-bond donors (Lipinski definition) is 3. The zero-order valence-corrected chi connectivity index (χ0v) is 8.60. The highest BCUT2D eigenvalue weighted by Crippen LogP contribution is 2.04. The van der Waals surface area contributed by atoms with Gasteiger partial charge < -0.3 is 16.8 Å². The Morgan fingerprint density at radius 1 is 1.53 bits per heavy atom. The Bertz CT molecular complexity index is 320. The van der Waals surface area contributed by atoms with Crippen LogP contribution < -0.4 is 16.8 Å². The summed E-state index contributed by atoms with van der Waals surface area (Å²) in [5, 5.41) is 10.6. The van der Waals surface area contributed by atoms with E-state index in [-0.39, 0.29) is 11.7 Å². The van der Waals surface area contributed by atoms with Crippen molar-refractivity contribution in [3.05, 3.63) is 17.8 Å². The third kappa shape index (κ3) is 3.17. The summed E-state index contributed by atoms with van der Waals surface area (Å²) in [6.07, 6.45) is 0.899. The minimum atomic E-state index is -0.583. The highest BCUT2D eigenvalue weighted by atomic mass is 16.1. The number of carbonyl (C=O) groups excluding carboxylic acids is 1. The number of primary amides is 1. The van der Waals surface area contributed by atoms with E-state index in [1.165, 1.54) is 6.07 Å². The summed E-state index contributed by atoms with van der Waals surface area (Å²) < 4.78 is 0. The highest BCUT2D eigenvalue weighted by Gasteiger charge is 2.06. The van der Waals surface area contributed by atoms with Crippen LogP contribution in [0.4, 0.5) is 5.82 Å². The fourth-order valence-corrected chi connectivity index (χ4v) is 1.08. The fourth-order valence-electron chi connectivity index (χ4n) is 1.08. The zero-order valence-electron chi connectivity index (χ0n) is 8.60. The van der Waals surface area contributed by atoms with Crippen molar-refractivity contribution in [2.75, 3.05) is 11.9 Å². The molecule has 0 saturated carbocycles. The van der Waals surface area contributed by atoms with Crippen LogP contribution in [0, 0.1) is 0 Å². The minimum Gasteiger partial charge on any atom is -0.365 e. The van der Waals surface area contributed by atoms with Crippen LogP contribution in [0.1, 0.15) is 23.8 Å². The van der Waals surface area contributed by atoms with E-state index in [0.717, 1.165) is 6.42 Å². The van der Waals surface area contributed by atoms with Crippen LogP contribution in [0.5, 0.6) is 0 Å². The van der Waals surface area contributed by atoms with Crippen LogP contribution in [0.2, 0.25) is 0 Å². The van der Waals surface area contributed by atoms with Crippen LogP contribution in [0.25, 0.3) is 0 Å². The van der Waals surface area contributed by atoms with Crippen LogP contribution in [-0.4, -0.2) is 28.7 Å². The molecule has 1 rings (SSSR count). The second-order valence-electron chi connectivity index (χ2n) is 3.15. The van der Waals surface area contributed by atoms with Gasteiger partial charge in [-0.05, 0) is 18.6 Å². The summed E-state index contributed by atoms with van der Waals surface area (Å²) in [7, 11) is 0. The van der Waals surface area contributed by atoms with Crippen LogP contribution in [-0.2, 0) is 0 Å². The van der Waals surface area contributed by atoms with Gasteiger partial charge in [0.25, 0.3) is 5.91 Å². The second-order valence-corrected chi connectivity index (χ2v) is 3.15. The number of aromatic nitrogens is 2. The van der Waals surface area contributed by atoms with Crippen molar-refractivity contribution in [1.82, 2.24) is 10.2 Å². The molecule has 0 spiro atoms. The Kier molecular flexibility index (Phi) is 3.99. The van der Waals surface area contributed by atoms with E-state index >= 15 is 0 Å². The number of carbonyl (C=O) groups is 1. The lowest BCUT2D eigenvalue weighted by Crippen LogP contribution is -2.28. The van der Waals surface area contributed by atoms with Gasteiger partial charge in [0.15, 0.2) is 5.69 Å². The predicted octanol–water partition coefficient (Wildman–Crippen LogP) is -0.275. The van der Waals surface area contributed by atoms with E-state index < -0.39 is 5.91 Å². The molecule has 0 fully saturated rings. The summed E-state index contributed by atoms with van der Waals surface area (Å²) in [5.41, 5.74) is 10.7. The minimum absolute atomic E-state index is 0.154. The maximum atomic E-state index is 10.7. The second kappa shape index (κ2) is 5.26. The molecule has 6 nitrogen and oxygen atoms in total. The van der Waals surface area contributed by atoms with E-state index in [2.05, 4.69) is 15.5 Å². The van der Waals surface area contributed by atoms with Gasteiger partial charge in [-0.2, -0.15) is 0 Å². The molecule has 1 atom stereocenters. The first-order valence-corrected chi connectivity index (χ1v) is 4.77. The Morgan fingerprint density at radius 3 is 2.67 bits per heavy atom. The monoisotopic (exact) mass is 209 g/mol. The molecule has 1 aromatic rings. The average molecular weight is 209 g/mol. The maximum Gasteiger partial charge on any atom is 0.269 e. The lowest BCUT2D eigenvalue weighted by atomic mass is 10.2. The molecule has 0 aliphatic rings. The number of hydrogen-bond acceptors (Lipinski definition) is 5. The zero-order chi connectivity index (χ0) is 11.3. The molecule has 1 unspecified atom stereocenters. The van der Waals surface area contributed by atoms with E-state index in [4.69, 9.17) is 11.5 Å². The van der Waals surface area contributed by atoms with Crippen molar-refractivity contribution in [1.29, 1.82) is 0 Å². The fraction of sp³-hybridized carbons (Fsp3) is 0.444. The first-order valence-electron chi connectivity index (χ1n) is 4.77. The number of anilines is 1. The molecule has 0 saturated heterocycles. The van der Waals surface area contributed by atoms with Crippen LogP contribution in [0.3, 0.4) is 0 Å². The van der Waals surface area contributed by atoms with Crippen molar-refractivity contribution in [3.63, 3.8) is 0 Å². The van der Waals surface area contributed by atoms with Crippen molar-refractivity contribution in [3.8, 4) is 0 Å². The third-order valence-electron chi connectivity index (χ3n) is 2.05. The van der Waals surface area contributed by atoms with Crippen molar-refractivity contribution in [2.45, 2.75) is 19.4 Å². The molecule has 0 radical (unpaired) electrons. The largest absolute Gasteiger partial charge is 0.365 e. The molecule has 1 aromatic heterocycles. The highest BCUT2D eigenvalue weighted by molar-refractivity contribution is 5.90. The molecule has 1 heterocycles. The Morgan fingerprint density at radius 2 is 2.27 bits per heavy atom. The summed E-state index contributed by atoms with van der Waals surface area (Å²) in [6.45, 7) is 2.55. The molecule has 0 aromatic carbocycles. The predicted molar refractivity (Wildman–Crippen MR) is 57.3 cm³/mol. The van der Waals surface area contributed by atoms with Gasteiger partial charge >= 0.3 is 0 Å². The molecule has 15 heavy (non-hydrogen) atoms. The molecule has 82 valence electrons. The van der Waals surface area contributed by atoms with Crippen molar-refractivity contribution in [2.24, 2.45) is 11.5 Å². The molecule has 0 aliphatic heterocycles. The van der Waals surface area contributed by atoms with Crippen molar-refractivity contribution >= 4 is 11.7 Å². The number of nitrogens with two attached hydrogens (primary N) is 2. The van der Waals surface area contributed by atoms with Crippen LogP contribution >= 0.6 is 0 Å². The lowest BCUT2D eigenvalue weighted by Gasteiger charge is -2.14. The van der Waals surface area contributed by atoms with E-state index in [1.807, 2.05) is 6.92 Å². The van der Waals surface area contributed by atoms with Gasteiger partial charge in [0.2, 0.25) is 0 Å². The molecule has 6 heteroatoms. The van der Waals surface area contributed by atoms with E-state index in [1.54, 1.807) is 6.07 Å². The third-order valence-corrected chi connectivity index (χ3v) is 2.05. The lowest BCUT2D eigenvalue weighted by molar-refractivity contribution is 0.0994. The Balaban J connectivity index is 2.67. The number of nitrogens with zero attached hydrogens (tertiary/aromatic N) is 2. The van der Waals surface area contributed by atoms with Gasteiger partial charge in [-0.3, -0.25) is 4.79 Å². The SMILES string of the molecule is CCC(CN)Nc1ccc(C(N)=O)nn1. The van der Waals surface area contributed by atoms with Gasteiger partial charge in [-0.25, -0.2) is 0 Å². The molecule has 5 N–H and O–H groups in total. The summed E-state index contributed by atoms with van der Waals surface area (Å²) >= 11 is 0. The smallest absolute Gasteiger partial charge is 0.269 e. The van der Waals surface area contributed by atoms with Crippen LogP contribution in [0.15, 0.2) is 12.1 Å². The molecule has 1 amide bonds. The summed E-state index contributed by atoms with van der Waals surface area (Å²) in [4.78, 5) is 10.7. The first kappa shape index (κ1) is 11.4. The molecular weight excluding hydrogens is 194 g/mol. The molecular formula is C9H15N5O. The van der Waals surface area contributed by atoms with Gasteiger partial charge in [-0.15, -0.1) is 10.2 Å². The topological polar surface area (TPSA) is 107 Å². The Hall–Kier alpha value is -1.69. The normalized spacial score (nSPS) is 12.1. The molecule has 0 aliphatic carbocycles. The molecule has 0 bridgehead atoms. The number of rotatable bonds is 5. The van der Waals surface area contributed by atoms with Gasteiger partial charge in [0, 0.05) is 12.6 Å². The van der Waals surface area contributed by atoms with Crippen molar-refractivity contribution < 1.29 is 4.79 Å². The van der Waals surface area contributed by atoms with Gasteiger partial charge in [-0.1, -0.05) is 6.92 Å². The summed E-state index contributed by atoms with van der Waals surface area (Å²) in [6, 6.07) is 3.35. The average Bonchev–Trinajstić information content (AvgIpc) is 2.26. The number of amides is 1. The van der Waals surface area contributed by atoms with Gasteiger partial charge in [0.1, 0.15) is 5.82 Å². The van der Waals surface area contributed by atoms with E-state index in [9.17, 15) is 4.79 Å². The maximum absolute atomic E-state index is 10.7. The first-order chi connectivity index (χ1) is 7.17. The van der Waals surface area contributed by atoms with Gasteiger partial charge in [0.05, 0.1) is 0 Å². The standard InChI is InChI=1S/C9H15N5O/c1-2-6(5-10)12-8-4-3-7(9(11)15)13-14-8/h3-4,6H,2,5,10H2,1H3,(H2,11,15)(H,12,14). The summed E-state index contributed by atoms with van der Waals surface area (Å²) in [5.74, 6) is 0.0113. The Labute approximate surface area is 88.1 Å². The number of nitrogens with one attached hydrogen (secondary N) is 1. The van der Waals surface area contributed by atoms with E-state index in [0.29, 0.717) is 12.4 Å².